The third-order valence-corrected chi connectivity index (χ3v) is 15.5. The number of nitrogens with zero attached hydrogens (tertiary/aromatic N) is 4. The van der Waals surface area contributed by atoms with Crippen LogP contribution in [-0.4, -0.2) is 9.55 Å². The van der Waals surface area contributed by atoms with E-state index < -0.39 is 65.8 Å². The minimum Gasteiger partial charge on any atom is -0.509 e. The molecule has 0 saturated heterocycles. The van der Waals surface area contributed by atoms with Gasteiger partial charge in [-0.15, -0.1) is 53.6 Å². The fourth-order valence-corrected chi connectivity index (χ4v) is 11.0. The molecule has 1 aliphatic rings. The SMILES string of the molecule is [2H]c1c([2H])c([2H])c(-c2cccc(-c3c([2H])c([2H])c([2H])c([2H])c3[2H])c2N2[CH-]N(c3[c-]c(Oc4[c-]c5c(cc4)c4ccccc4n5-c4cc(Oc5c(-c6ccc(C(C)(C)C)cc6)cccc5-c5ccc(C(C)(C)C)cc5)ccn4)cc(C(C)(C)C)c3)c3ccccc32)c([2H])c1[2H].[Pt]. The van der Waals surface area contributed by atoms with Crippen LogP contribution in [0.2, 0.25) is 0 Å². The van der Waals surface area contributed by atoms with Crippen molar-refractivity contribution in [2.24, 2.45) is 0 Å². The van der Waals surface area contributed by atoms with Crippen LogP contribution < -0.4 is 19.3 Å². The van der Waals surface area contributed by atoms with Crippen LogP contribution in [0, 0.1) is 18.8 Å². The molecule has 0 radical (unpaired) electrons. The van der Waals surface area contributed by atoms with Crippen molar-refractivity contribution in [2.75, 3.05) is 9.80 Å². The molecule has 0 fully saturated rings. The van der Waals surface area contributed by atoms with E-state index in [-0.39, 0.29) is 59.8 Å². The van der Waals surface area contributed by atoms with Gasteiger partial charge in [-0.05, 0) is 79.3 Å². The summed E-state index contributed by atoms with van der Waals surface area (Å²) in [7, 11) is 0. The zero-order valence-electron chi connectivity index (χ0n) is 58.7. The van der Waals surface area contributed by atoms with Crippen LogP contribution in [0.25, 0.3) is 72.1 Å². The molecule has 2 aromatic heterocycles. The molecule has 0 spiro atoms. The maximum atomic E-state index is 9.18. The number of pyridine rings is 1. The Hall–Kier alpha value is -8.96. The van der Waals surface area contributed by atoms with Crippen molar-refractivity contribution in [2.45, 2.75) is 78.6 Å². The Morgan fingerprint density at radius 3 is 1.58 bits per heavy atom. The maximum absolute atomic E-state index is 9.18. The van der Waals surface area contributed by atoms with E-state index in [1.807, 2.05) is 77.7 Å². The maximum Gasteiger partial charge on any atom is 0.143 e. The number of hydrogen-bond acceptors (Lipinski definition) is 5. The topological polar surface area (TPSA) is 42.8 Å². The minimum atomic E-state index is -0.574. The van der Waals surface area contributed by atoms with Crippen molar-refractivity contribution in [1.29, 1.82) is 0 Å². The molecule has 0 N–H and O–H groups in total. The van der Waals surface area contributed by atoms with Crippen molar-refractivity contribution >= 4 is 44.6 Å². The molecule has 0 amide bonds. The van der Waals surface area contributed by atoms with E-state index in [4.69, 9.17) is 22.7 Å². The van der Waals surface area contributed by atoms with Crippen LogP contribution in [0.15, 0.2) is 236 Å². The number of benzene rings is 10. The van der Waals surface area contributed by atoms with Gasteiger partial charge in [0.2, 0.25) is 0 Å². The molecule has 12 aromatic rings. The molecule has 0 bridgehead atoms. The van der Waals surface area contributed by atoms with Gasteiger partial charge in [-0.2, -0.15) is 6.07 Å². The van der Waals surface area contributed by atoms with E-state index >= 15 is 0 Å². The van der Waals surface area contributed by atoms with Crippen molar-refractivity contribution in [3.63, 3.8) is 0 Å². The Labute approximate surface area is 529 Å². The molecule has 424 valence electrons. The van der Waals surface area contributed by atoms with Gasteiger partial charge in [0.1, 0.15) is 17.3 Å². The molecular weight excluding hydrogens is 1220 g/mol. The molecule has 1 aliphatic heterocycles. The zero-order chi connectivity index (χ0) is 66.6. The number of rotatable bonds is 11. The van der Waals surface area contributed by atoms with Crippen LogP contribution in [0.4, 0.5) is 22.7 Å². The molecule has 85 heavy (non-hydrogen) atoms. The molecule has 3 heterocycles. The zero-order valence-corrected chi connectivity index (χ0v) is 51.0. The van der Waals surface area contributed by atoms with Gasteiger partial charge >= 0.3 is 0 Å². The van der Waals surface area contributed by atoms with Gasteiger partial charge in [0.15, 0.2) is 0 Å². The standard InChI is InChI=1S/C78H67N4O2.Pt/c1-76(2,3)56-38-34-54(35-39-56)65-29-21-30-66(55-36-40-57(41-37-55)77(4,5)6)75(65)84-61-44-45-79-73(50-61)82-69-31-17-16-26-67(69)68-43-42-60(49-72(68)82)83-62-47-58(78(7,8)9)46-59(48-62)80-51-81(71-33-19-18-32-70(71)80)74-63(52-22-12-10-13-23-52)27-20-28-64(74)53-24-14-11-15-25-53;/h10-47,50-51H,1-9H3;/q-3;/i10D,11D,12D,13D,14D,15D,22D,23D,24D,25D;. The normalized spacial score (nSPS) is 14.2. The number of para-hydroxylation sites is 5. The molecule has 0 atom stereocenters. The Morgan fingerprint density at radius 2 is 1.00 bits per heavy atom. The predicted octanol–water partition coefficient (Wildman–Crippen LogP) is 21.3. The summed E-state index contributed by atoms with van der Waals surface area (Å²) in [4.78, 5) is 8.68. The summed E-state index contributed by atoms with van der Waals surface area (Å²) >= 11 is 0. The second-order valence-electron chi connectivity index (χ2n) is 24.2. The molecule has 0 aliphatic carbocycles. The molecule has 0 saturated carbocycles. The summed E-state index contributed by atoms with van der Waals surface area (Å²) in [6, 6.07) is 57.9. The van der Waals surface area contributed by atoms with Gasteiger partial charge in [0.25, 0.3) is 0 Å². The summed E-state index contributed by atoms with van der Waals surface area (Å²) in [5.74, 6) is 2.66. The Balaban J connectivity index is 0.00000864. The molecule has 7 heteroatoms. The van der Waals surface area contributed by atoms with Gasteiger partial charge in [0, 0.05) is 89.7 Å². The van der Waals surface area contributed by atoms with Crippen LogP contribution in [0.5, 0.6) is 23.0 Å². The molecule has 10 aromatic carbocycles. The quantitative estimate of drug-likeness (QED) is 0.121. The smallest absolute Gasteiger partial charge is 0.143 e. The fourth-order valence-electron chi connectivity index (χ4n) is 11.0. The summed E-state index contributed by atoms with van der Waals surface area (Å²) in [6.45, 7) is 21.4. The predicted molar refractivity (Wildman–Crippen MR) is 349 cm³/mol. The Bertz CT molecular complexity index is 4810. The monoisotopic (exact) mass is 1300 g/mol. The van der Waals surface area contributed by atoms with Crippen LogP contribution in [0.1, 0.15) is 92.7 Å². The van der Waals surface area contributed by atoms with Gasteiger partial charge < -0.3 is 23.8 Å². The Morgan fingerprint density at radius 1 is 0.459 bits per heavy atom. The van der Waals surface area contributed by atoms with Crippen molar-refractivity contribution in [3.05, 3.63) is 272 Å². The summed E-state index contributed by atoms with van der Waals surface area (Å²) in [5, 5.41) is 1.90. The first-order chi connectivity index (χ1) is 44.7. The second-order valence-corrected chi connectivity index (χ2v) is 24.2. The first kappa shape index (κ1) is 45.5. The van der Waals surface area contributed by atoms with E-state index in [9.17, 15) is 5.48 Å². The fraction of sp³-hybridized carbons (Fsp3) is 0.154. The van der Waals surface area contributed by atoms with E-state index in [1.54, 1.807) is 36.0 Å². The van der Waals surface area contributed by atoms with E-state index in [0.29, 0.717) is 51.4 Å². The first-order valence-corrected chi connectivity index (χ1v) is 28.2. The Kier molecular flexibility index (Phi) is 12.1. The first-order valence-electron chi connectivity index (χ1n) is 33.2. The molecule has 0 unspecified atom stereocenters. The molecular formula is C78H67N4O2Pt-3. The number of hydrogen-bond donors (Lipinski definition) is 0. The van der Waals surface area contributed by atoms with Gasteiger partial charge in [-0.1, -0.05) is 244 Å². The van der Waals surface area contributed by atoms with E-state index in [0.717, 1.165) is 44.1 Å². The largest absolute Gasteiger partial charge is 0.509 e. The number of aromatic nitrogens is 2. The third kappa shape index (κ3) is 11.1. The summed E-state index contributed by atoms with van der Waals surface area (Å²) in [5.41, 5.74) is 10.5. The third-order valence-electron chi connectivity index (χ3n) is 15.5. The van der Waals surface area contributed by atoms with Crippen LogP contribution >= 0.6 is 0 Å². The van der Waals surface area contributed by atoms with Crippen LogP contribution in [0.3, 0.4) is 0 Å². The van der Waals surface area contributed by atoms with Gasteiger partial charge in [0.05, 0.1) is 13.7 Å². The van der Waals surface area contributed by atoms with Crippen molar-refractivity contribution in [1.82, 2.24) is 9.55 Å². The van der Waals surface area contributed by atoms with Gasteiger partial charge in [-0.3, -0.25) is 0 Å². The van der Waals surface area contributed by atoms with Crippen molar-refractivity contribution < 1.29 is 44.2 Å². The van der Waals surface area contributed by atoms with Crippen LogP contribution in [-0.2, 0) is 37.3 Å². The second kappa shape index (κ2) is 22.6. The average molecular weight is 1300 g/mol. The van der Waals surface area contributed by atoms with Crippen molar-refractivity contribution in [3.8, 4) is 73.3 Å². The number of fused-ring (bicyclic) bond motifs is 4. The molecule has 6 nitrogen and oxygen atoms in total. The average Bonchev–Trinajstić information content (AvgIpc) is 1.65. The van der Waals surface area contributed by atoms with E-state index in [2.05, 4.69) is 158 Å². The van der Waals surface area contributed by atoms with Gasteiger partial charge in [-0.25, -0.2) is 4.98 Å². The summed E-state index contributed by atoms with van der Waals surface area (Å²) < 4.78 is 105. The summed E-state index contributed by atoms with van der Waals surface area (Å²) in [6.07, 6.45) is 1.76. The van der Waals surface area contributed by atoms with E-state index in [1.165, 1.54) is 11.1 Å². The number of ether oxygens (including phenoxy) is 2. The molecule has 13 rings (SSSR count). The number of anilines is 4. The minimum absolute atomic E-state index is 0.